The number of nitrogens with one attached hydrogen (secondary N) is 2. The van der Waals surface area contributed by atoms with Gasteiger partial charge in [0, 0.05) is 23.9 Å². The van der Waals surface area contributed by atoms with Crippen LogP contribution in [0.2, 0.25) is 0 Å². The Hall–Kier alpha value is -4.30. The van der Waals surface area contributed by atoms with E-state index in [1.54, 1.807) is 72.9 Å². The zero-order chi connectivity index (χ0) is 23.7. The largest absolute Gasteiger partial charge is 0.508 e. The molecule has 0 saturated heterocycles. The van der Waals surface area contributed by atoms with Crippen LogP contribution in [0.1, 0.15) is 26.3 Å². The number of amides is 2. The number of phenols is 1. The van der Waals surface area contributed by atoms with E-state index in [2.05, 4.69) is 15.6 Å². The molecule has 8 heteroatoms. The van der Waals surface area contributed by atoms with Crippen molar-refractivity contribution < 1.29 is 18.9 Å². The third-order valence-electron chi connectivity index (χ3n) is 5.46. The van der Waals surface area contributed by atoms with Gasteiger partial charge >= 0.3 is 0 Å². The first-order valence-corrected chi connectivity index (χ1v) is 11.6. The molecule has 5 rings (SSSR count). The highest BCUT2D eigenvalue weighted by Gasteiger charge is 2.25. The molecular weight excluding hydrogens is 450 g/mol. The summed E-state index contributed by atoms with van der Waals surface area (Å²) in [6.45, 7) is 0.266. The van der Waals surface area contributed by atoms with Crippen LogP contribution in [0.15, 0.2) is 94.9 Å². The molecule has 0 radical (unpaired) electrons. The monoisotopic (exact) mass is 469 g/mol. The molecule has 2 amide bonds. The number of fused-ring (bicyclic) bond motifs is 2. The second kappa shape index (κ2) is 8.92. The predicted octanol–water partition coefficient (Wildman–Crippen LogP) is 4.12. The summed E-state index contributed by atoms with van der Waals surface area (Å²) in [5, 5.41) is 15.0. The van der Waals surface area contributed by atoms with Crippen molar-refractivity contribution in [1.29, 1.82) is 0 Å². The lowest BCUT2D eigenvalue weighted by molar-refractivity contribution is 0.0949. The first-order valence-electron chi connectivity index (χ1n) is 10.5. The molecule has 168 valence electrons. The molecular formula is C26H19N3O4S. The van der Waals surface area contributed by atoms with Crippen LogP contribution < -0.4 is 10.6 Å². The fourth-order valence-electron chi connectivity index (χ4n) is 3.67. The molecule has 3 N–H and O–H groups in total. The SMILES string of the molecule is O=C(NCc1ccc(-c2ccc(O)cc2)nc1)c1ccc2c(c1)NC(=O)c1ccccc1S2=O. The van der Waals surface area contributed by atoms with Gasteiger partial charge in [0.15, 0.2) is 0 Å². The summed E-state index contributed by atoms with van der Waals surface area (Å²) >= 11 is 0. The number of aromatic nitrogens is 1. The number of anilines is 1. The molecule has 1 aliphatic rings. The van der Waals surface area contributed by atoms with Crippen LogP contribution in [0.25, 0.3) is 11.3 Å². The van der Waals surface area contributed by atoms with Crippen molar-refractivity contribution in [2.75, 3.05) is 5.32 Å². The maximum absolute atomic E-state index is 13.0. The smallest absolute Gasteiger partial charge is 0.256 e. The fraction of sp³-hybridized carbons (Fsp3) is 0.0385. The molecule has 0 spiro atoms. The van der Waals surface area contributed by atoms with Gasteiger partial charge in [-0.25, -0.2) is 4.21 Å². The molecule has 4 aromatic rings. The highest BCUT2D eigenvalue weighted by Crippen LogP contribution is 2.31. The molecule has 0 bridgehead atoms. The summed E-state index contributed by atoms with van der Waals surface area (Å²) in [4.78, 5) is 30.6. The number of phenolic OH excluding ortho intramolecular Hbond substituents is 1. The zero-order valence-corrected chi connectivity index (χ0v) is 18.6. The lowest BCUT2D eigenvalue weighted by Crippen LogP contribution is -2.23. The van der Waals surface area contributed by atoms with Gasteiger partial charge in [-0.2, -0.15) is 0 Å². The summed E-state index contributed by atoms with van der Waals surface area (Å²) in [5.74, 6) is -0.497. The van der Waals surface area contributed by atoms with Gasteiger partial charge in [0.2, 0.25) is 0 Å². The maximum Gasteiger partial charge on any atom is 0.256 e. The van der Waals surface area contributed by atoms with Gasteiger partial charge in [0.25, 0.3) is 11.8 Å². The van der Waals surface area contributed by atoms with E-state index in [-0.39, 0.29) is 24.1 Å². The minimum Gasteiger partial charge on any atom is -0.508 e. The van der Waals surface area contributed by atoms with Gasteiger partial charge in [0.05, 0.1) is 37.5 Å². The van der Waals surface area contributed by atoms with Crippen LogP contribution in [0.5, 0.6) is 5.75 Å². The van der Waals surface area contributed by atoms with E-state index < -0.39 is 10.8 Å². The molecule has 34 heavy (non-hydrogen) atoms. The number of nitrogens with zero attached hydrogens (tertiary/aromatic N) is 1. The molecule has 7 nitrogen and oxygen atoms in total. The van der Waals surface area contributed by atoms with Crippen LogP contribution in [0.4, 0.5) is 5.69 Å². The second-order valence-corrected chi connectivity index (χ2v) is 9.13. The molecule has 1 unspecified atom stereocenters. The first kappa shape index (κ1) is 21.5. The molecule has 1 aliphatic heterocycles. The Morgan fingerprint density at radius 2 is 1.76 bits per heavy atom. The van der Waals surface area contributed by atoms with Gasteiger partial charge in [-0.15, -0.1) is 0 Å². The summed E-state index contributed by atoms with van der Waals surface area (Å²) in [7, 11) is -1.54. The minimum absolute atomic E-state index is 0.191. The van der Waals surface area contributed by atoms with Crippen LogP contribution >= 0.6 is 0 Å². The lowest BCUT2D eigenvalue weighted by atomic mass is 10.1. The number of hydrogen-bond acceptors (Lipinski definition) is 5. The number of carbonyl (C=O) groups excluding carboxylic acids is 2. The molecule has 0 fully saturated rings. The number of rotatable bonds is 4. The van der Waals surface area contributed by atoms with Crippen molar-refractivity contribution in [3.05, 3.63) is 102 Å². The average Bonchev–Trinajstić information content (AvgIpc) is 2.97. The Balaban J connectivity index is 1.30. The highest BCUT2D eigenvalue weighted by molar-refractivity contribution is 7.85. The number of hydrogen-bond donors (Lipinski definition) is 3. The van der Waals surface area contributed by atoms with Gasteiger partial charge in [-0.1, -0.05) is 18.2 Å². The van der Waals surface area contributed by atoms with Crippen molar-refractivity contribution in [2.45, 2.75) is 16.3 Å². The fourth-order valence-corrected chi connectivity index (χ4v) is 4.97. The average molecular weight is 470 g/mol. The third-order valence-corrected chi connectivity index (χ3v) is 6.97. The number of carbonyl (C=O) groups is 2. The summed E-state index contributed by atoms with van der Waals surface area (Å²) in [6.07, 6.45) is 1.68. The van der Waals surface area contributed by atoms with Gasteiger partial charge < -0.3 is 15.7 Å². The van der Waals surface area contributed by atoms with Gasteiger partial charge in [-0.05, 0) is 66.2 Å². The highest BCUT2D eigenvalue weighted by atomic mass is 32.2. The van der Waals surface area contributed by atoms with Crippen molar-refractivity contribution in [3.8, 4) is 17.0 Å². The first-order chi connectivity index (χ1) is 16.5. The van der Waals surface area contributed by atoms with Crippen LogP contribution in [0.3, 0.4) is 0 Å². The third kappa shape index (κ3) is 4.18. The quantitative estimate of drug-likeness (QED) is 0.417. The molecule has 3 aromatic carbocycles. The van der Waals surface area contributed by atoms with E-state index in [0.717, 1.165) is 16.8 Å². The Labute approximate surface area is 198 Å². The normalized spacial score (nSPS) is 14.4. The number of pyridine rings is 1. The summed E-state index contributed by atoms with van der Waals surface area (Å²) < 4.78 is 13.0. The van der Waals surface area contributed by atoms with Crippen LogP contribution in [0, 0.1) is 0 Å². The standard InChI is InChI=1S/C26H19N3O4S/c30-19-9-6-17(7-10-19)21-11-5-16(14-27-21)15-28-25(31)18-8-12-24-22(13-18)29-26(32)20-3-1-2-4-23(20)34(24)33/h1-14,30H,15H2,(H,28,31)(H,29,32). The van der Waals surface area contributed by atoms with E-state index in [9.17, 15) is 18.9 Å². The van der Waals surface area contributed by atoms with E-state index in [4.69, 9.17) is 0 Å². The van der Waals surface area contributed by atoms with Crippen LogP contribution in [-0.2, 0) is 17.3 Å². The van der Waals surface area contributed by atoms with Crippen molar-refractivity contribution in [2.24, 2.45) is 0 Å². The molecule has 1 atom stereocenters. The maximum atomic E-state index is 13.0. The van der Waals surface area contributed by atoms with E-state index in [0.29, 0.717) is 26.6 Å². The van der Waals surface area contributed by atoms with E-state index in [1.165, 1.54) is 0 Å². The molecule has 0 saturated carbocycles. The van der Waals surface area contributed by atoms with Gasteiger partial charge in [-0.3, -0.25) is 14.6 Å². The topological polar surface area (TPSA) is 108 Å². The van der Waals surface area contributed by atoms with E-state index in [1.807, 2.05) is 12.1 Å². The molecule has 2 heterocycles. The van der Waals surface area contributed by atoms with Crippen molar-refractivity contribution in [3.63, 3.8) is 0 Å². The minimum atomic E-state index is -1.54. The Morgan fingerprint density at radius 3 is 2.53 bits per heavy atom. The number of aromatic hydroxyl groups is 1. The second-order valence-electron chi connectivity index (χ2n) is 7.71. The zero-order valence-electron chi connectivity index (χ0n) is 17.8. The van der Waals surface area contributed by atoms with Gasteiger partial charge in [0.1, 0.15) is 5.75 Å². The predicted molar refractivity (Wildman–Crippen MR) is 128 cm³/mol. The summed E-state index contributed by atoms with van der Waals surface area (Å²) in [5.41, 5.74) is 3.50. The van der Waals surface area contributed by atoms with Crippen molar-refractivity contribution >= 4 is 28.3 Å². The van der Waals surface area contributed by atoms with E-state index >= 15 is 0 Å². The number of benzene rings is 3. The Morgan fingerprint density at radius 1 is 0.971 bits per heavy atom. The summed E-state index contributed by atoms with van der Waals surface area (Å²) in [6, 6.07) is 22.0. The Bertz CT molecular complexity index is 1430. The Kier molecular flexibility index (Phi) is 5.65. The molecule has 1 aromatic heterocycles. The lowest BCUT2D eigenvalue weighted by Gasteiger charge is -2.10. The molecule has 0 aliphatic carbocycles. The van der Waals surface area contributed by atoms with Crippen molar-refractivity contribution in [1.82, 2.24) is 10.3 Å². The van der Waals surface area contributed by atoms with Crippen LogP contribution in [-0.4, -0.2) is 26.1 Å².